The highest BCUT2D eigenvalue weighted by Gasteiger charge is 2.12. The Morgan fingerprint density at radius 2 is 2.09 bits per heavy atom. The van der Waals surface area contributed by atoms with Crippen molar-refractivity contribution in [2.24, 2.45) is 0 Å². The van der Waals surface area contributed by atoms with Crippen molar-refractivity contribution in [3.05, 3.63) is 46.0 Å². The second kappa shape index (κ2) is 6.25. The zero-order valence-electron chi connectivity index (χ0n) is 12.7. The first-order valence-corrected chi connectivity index (χ1v) is 7.93. The van der Waals surface area contributed by atoms with Crippen LogP contribution in [0.4, 0.5) is 5.13 Å². The Morgan fingerprint density at radius 3 is 2.83 bits per heavy atom. The number of aromatic nitrogens is 4. The number of anilines is 1. The van der Waals surface area contributed by atoms with Crippen LogP contribution in [0.1, 0.15) is 24.8 Å². The number of carbonyl (C=O) groups is 1. The summed E-state index contributed by atoms with van der Waals surface area (Å²) in [6.45, 7) is 3.89. The zero-order valence-corrected chi connectivity index (χ0v) is 13.5. The largest absolute Gasteiger partial charge is 0.299 e. The van der Waals surface area contributed by atoms with Gasteiger partial charge < -0.3 is 0 Å². The van der Waals surface area contributed by atoms with E-state index in [2.05, 4.69) is 20.5 Å². The van der Waals surface area contributed by atoms with Crippen molar-refractivity contribution in [2.75, 3.05) is 5.32 Å². The highest BCUT2D eigenvalue weighted by atomic mass is 32.1. The van der Waals surface area contributed by atoms with E-state index in [0.29, 0.717) is 16.0 Å². The third-order valence-electron chi connectivity index (χ3n) is 3.23. The first kappa shape index (κ1) is 15.3. The van der Waals surface area contributed by atoms with Crippen molar-refractivity contribution in [3.8, 4) is 0 Å². The van der Waals surface area contributed by atoms with Gasteiger partial charge in [0.15, 0.2) is 0 Å². The van der Waals surface area contributed by atoms with Crippen LogP contribution in [-0.4, -0.2) is 25.7 Å². The summed E-state index contributed by atoms with van der Waals surface area (Å²) < 4.78 is 1.28. The number of hydrogen-bond acceptors (Lipinski definition) is 6. The minimum Gasteiger partial charge on any atom is -0.299 e. The molecule has 23 heavy (non-hydrogen) atoms. The fraction of sp³-hybridized carbons (Fsp3) is 0.267. The predicted molar refractivity (Wildman–Crippen MR) is 88.6 cm³/mol. The highest BCUT2D eigenvalue weighted by molar-refractivity contribution is 7.15. The quantitative estimate of drug-likeness (QED) is 0.791. The van der Waals surface area contributed by atoms with Gasteiger partial charge >= 0.3 is 0 Å². The van der Waals surface area contributed by atoms with E-state index in [1.165, 1.54) is 22.2 Å². The number of hydrogen-bond donors (Lipinski definition) is 1. The van der Waals surface area contributed by atoms with Crippen LogP contribution in [0.3, 0.4) is 0 Å². The molecule has 0 saturated carbocycles. The summed E-state index contributed by atoms with van der Waals surface area (Å²) in [5, 5.41) is 12.4. The normalized spacial score (nSPS) is 11.1. The lowest BCUT2D eigenvalue weighted by Gasteiger charge is -2.06. The number of nitrogens with one attached hydrogen (secondary N) is 1. The van der Waals surface area contributed by atoms with Gasteiger partial charge in [0, 0.05) is 5.92 Å². The van der Waals surface area contributed by atoms with Gasteiger partial charge in [-0.25, -0.2) is 4.98 Å². The predicted octanol–water partition coefficient (Wildman–Crippen LogP) is 2.01. The van der Waals surface area contributed by atoms with Crippen LogP contribution in [0.25, 0.3) is 10.9 Å². The van der Waals surface area contributed by atoms with Crippen LogP contribution in [0.15, 0.2) is 35.4 Å². The van der Waals surface area contributed by atoms with E-state index < -0.39 is 0 Å². The van der Waals surface area contributed by atoms with Gasteiger partial charge in [0.25, 0.3) is 5.56 Å². The molecule has 118 valence electrons. The first-order valence-electron chi connectivity index (χ1n) is 7.12. The average molecular weight is 329 g/mol. The van der Waals surface area contributed by atoms with Crippen molar-refractivity contribution >= 4 is 33.3 Å². The Labute approximate surface area is 136 Å². The molecule has 0 fully saturated rings. The van der Waals surface area contributed by atoms with E-state index >= 15 is 0 Å². The molecule has 0 bridgehead atoms. The van der Waals surface area contributed by atoms with Gasteiger partial charge in [-0.15, -0.1) is 10.2 Å². The lowest BCUT2D eigenvalue weighted by atomic mass is 10.2. The summed E-state index contributed by atoms with van der Waals surface area (Å²) in [6.07, 6.45) is 1.38. The van der Waals surface area contributed by atoms with Crippen molar-refractivity contribution in [1.29, 1.82) is 0 Å². The van der Waals surface area contributed by atoms with Crippen LogP contribution in [0, 0.1) is 0 Å². The molecule has 2 heterocycles. The second-order valence-electron chi connectivity index (χ2n) is 5.34. The molecule has 0 saturated heterocycles. The maximum atomic E-state index is 12.3. The van der Waals surface area contributed by atoms with Crippen molar-refractivity contribution in [2.45, 2.75) is 26.3 Å². The molecular formula is C15H15N5O2S. The summed E-state index contributed by atoms with van der Waals surface area (Å²) in [6, 6.07) is 7.03. The van der Waals surface area contributed by atoms with Crippen molar-refractivity contribution < 1.29 is 4.79 Å². The van der Waals surface area contributed by atoms with Crippen LogP contribution in [0.5, 0.6) is 0 Å². The van der Waals surface area contributed by atoms with Gasteiger partial charge in [0.05, 0.1) is 17.2 Å². The smallest absolute Gasteiger partial charge is 0.261 e. The second-order valence-corrected chi connectivity index (χ2v) is 6.35. The van der Waals surface area contributed by atoms with E-state index in [-0.39, 0.29) is 23.9 Å². The summed E-state index contributed by atoms with van der Waals surface area (Å²) in [7, 11) is 0. The molecular weight excluding hydrogens is 314 g/mol. The van der Waals surface area contributed by atoms with Crippen molar-refractivity contribution in [3.63, 3.8) is 0 Å². The van der Waals surface area contributed by atoms with Crippen LogP contribution in [0.2, 0.25) is 0 Å². The minimum atomic E-state index is -0.337. The maximum absolute atomic E-state index is 12.3. The lowest BCUT2D eigenvalue weighted by molar-refractivity contribution is -0.116. The Morgan fingerprint density at radius 1 is 1.30 bits per heavy atom. The molecule has 2 aromatic heterocycles. The monoisotopic (exact) mass is 329 g/mol. The zero-order chi connectivity index (χ0) is 16.4. The van der Waals surface area contributed by atoms with E-state index in [1.807, 2.05) is 19.9 Å². The van der Waals surface area contributed by atoms with Gasteiger partial charge in [-0.05, 0) is 12.1 Å². The van der Waals surface area contributed by atoms with Gasteiger partial charge in [-0.2, -0.15) is 0 Å². The number of amides is 1. The number of nitrogens with zero attached hydrogens (tertiary/aromatic N) is 4. The Bertz CT molecular complexity index is 915. The van der Waals surface area contributed by atoms with E-state index in [9.17, 15) is 9.59 Å². The summed E-state index contributed by atoms with van der Waals surface area (Å²) in [4.78, 5) is 28.6. The van der Waals surface area contributed by atoms with E-state index in [4.69, 9.17) is 0 Å². The minimum absolute atomic E-state index is 0.118. The molecule has 3 aromatic rings. The fourth-order valence-corrected chi connectivity index (χ4v) is 2.81. The van der Waals surface area contributed by atoms with Crippen LogP contribution < -0.4 is 10.9 Å². The summed E-state index contributed by atoms with van der Waals surface area (Å²) >= 11 is 1.33. The molecule has 0 aliphatic heterocycles. The van der Waals surface area contributed by atoms with Crippen molar-refractivity contribution in [1.82, 2.24) is 19.7 Å². The number of benzene rings is 1. The van der Waals surface area contributed by atoms with E-state index in [1.54, 1.807) is 18.2 Å². The summed E-state index contributed by atoms with van der Waals surface area (Å²) in [5.74, 6) is -0.0823. The molecule has 1 N–H and O–H groups in total. The molecule has 0 radical (unpaired) electrons. The molecule has 0 spiro atoms. The van der Waals surface area contributed by atoms with Gasteiger partial charge in [-0.1, -0.05) is 37.3 Å². The molecule has 0 unspecified atom stereocenters. The number of fused-ring (bicyclic) bond motifs is 1. The van der Waals surface area contributed by atoms with Gasteiger partial charge in [0.1, 0.15) is 11.6 Å². The molecule has 3 rings (SSSR count). The highest BCUT2D eigenvalue weighted by Crippen LogP contribution is 2.22. The third kappa shape index (κ3) is 3.26. The Kier molecular flexibility index (Phi) is 4.16. The molecule has 0 aliphatic carbocycles. The topological polar surface area (TPSA) is 89.8 Å². The lowest BCUT2D eigenvalue weighted by Crippen LogP contribution is -2.27. The molecule has 8 heteroatoms. The third-order valence-corrected chi connectivity index (χ3v) is 4.37. The molecule has 7 nitrogen and oxygen atoms in total. The number of carbonyl (C=O) groups excluding carboxylic acids is 1. The number of para-hydroxylation sites is 1. The molecule has 1 amide bonds. The molecule has 0 aliphatic rings. The van der Waals surface area contributed by atoms with Crippen LogP contribution >= 0.6 is 11.3 Å². The fourth-order valence-electron chi connectivity index (χ4n) is 2.05. The van der Waals surface area contributed by atoms with Gasteiger partial charge in [-0.3, -0.25) is 19.5 Å². The average Bonchev–Trinajstić information content (AvgIpc) is 2.99. The Hall–Kier alpha value is -2.61. The molecule has 1 aromatic carbocycles. The number of rotatable bonds is 4. The maximum Gasteiger partial charge on any atom is 0.261 e. The first-order chi connectivity index (χ1) is 11.0. The van der Waals surface area contributed by atoms with E-state index in [0.717, 1.165) is 5.01 Å². The SMILES string of the molecule is CC(C)c1nnc(NC(=O)Cn2cnc3ccccc3c2=O)s1. The summed E-state index contributed by atoms with van der Waals surface area (Å²) in [5.41, 5.74) is 0.366. The molecule has 0 atom stereocenters. The standard InChI is InChI=1S/C15H15N5O2S/c1-9(2)13-18-19-15(23-13)17-12(21)7-20-8-16-11-6-4-3-5-10(11)14(20)22/h3-6,8-9H,7H2,1-2H3,(H,17,19,21). The van der Waals surface area contributed by atoms with Gasteiger partial charge in [0.2, 0.25) is 11.0 Å². The van der Waals surface area contributed by atoms with Crippen LogP contribution in [-0.2, 0) is 11.3 Å². The Balaban J connectivity index is 1.77.